The van der Waals surface area contributed by atoms with Crippen LogP contribution < -0.4 is 5.32 Å². The number of rotatable bonds is 6. The van der Waals surface area contributed by atoms with Gasteiger partial charge in [0.2, 0.25) is 0 Å². The minimum Gasteiger partial charge on any atom is -0.310 e. The summed E-state index contributed by atoms with van der Waals surface area (Å²) >= 11 is 3.42. The molecule has 5 heteroatoms. The second-order valence-electron chi connectivity index (χ2n) is 5.21. The van der Waals surface area contributed by atoms with Crippen LogP contribution in [0.2, 0.25) is 0 Å². The Hall–Kier alpha value is -1.20. The van der Waals surface area contributed by atoms with Crippen molar-refractivity contribution < 1.29 is 0 Å². The van der Waals surface area contributed by atoms with Crippen LogP contribution in [0.1, 0.15) is 38.4 Å². The number of aryl methyl sites for hydroxylation is 1. The van der Waals surface area contributed by atoms with Gasteiger partial charge in [-0.25, -0.2) is 9.67 Å². The van der Waals surface area contributed by atoms with E-state index < -0.39 is 0 Å². The highest BCUT2D eigenvalue weighted by molar-refractivity contribution is 9.10. The van der Waals surface area contributed by atoms with E-state index in [0.29, 0.717) is 6.04 Å². The van der Waals surface area contributed by atoms with Crippen LogP contribution in [0.15, 0.2) is 29.0 Å². The van der Waals surface area contributed by atoms with Crippen molar-refractivity contribution >= 4 is 15.9 Å². The molecule has 0 aliphatic carbocycles. The first-order valence-electron chi connectivity index (χ1n) is 7.02. The van der Waals surface area contributed by atoms with Crippen molar-refractivity contribution in [2.45, 2.75) is 46.2 Å². The van der Waals surface area contributed by atoms with Crippen LogP contribution in [-0.4, -0.2) is 20.8 Å². The van der Waals surface area contributed by atoms with Crippen molar-refractivity contribution in [1.82, 2.24) is 20.1 Å². The van der Waals surface area contributed by atoms with E-state index in [4.69, 9.17) is 0 Å². The van der Waals surface area contributed by atoms with Crippen molar-refractivity contribution in [3.63, 3.8) is 0 Å². The number of aromatic nitrogens is 3. The summed E-state index contributed by atoms with van der Waals surface area (Å²) in [5.74, 6) is 0.877. The van der Waals surface area contributed by atoms with Gasteiger partial charge >= 0.3 is 0 Å². The van der Waals surface area contributed by atoms with Crippen molar-refractivity contribution in [3.8, 4) is 5.82 Å². The van der Waals surface area contributed by atoms with Gasteiger partial charge in [0, 0.05) is 24.5 Å². The van der Waals surface area contributed by atoms with E-state index in [1.165, 1.54) is 5.56 Å². The smallest absolute Gasteiger partial charge is 0.153 e. The van der Waals surface area contributed by atoms with Crippen LogP contribution >= 0.6 is 15.9 Å². The molecule has 0 spiro atoms. The molecule has 0 aromatic carbocycles. The summed E-state index contributed by atoms with van der Waals surface area (Å²) in [6, 6.07) is 4.75. The number of pyridine rings is 1. The molecule has 0 saturated carbocycles. The minimum absolute atomic E-state index is 0.472. The molecule has 0 aliphatic heterocycles. The Kier molecular flexibility index (Phi) is 5.31. The predicted molar refractivity (Wildman–Crippen MR) is 85.0 cm³/mol. The first-order valence-corrected chi connectivity index (χ1v) is 7.81. The molecular weight excluding hydrogens is 316 g/mol. The molecule has 2 aromatic rings. The highest BCUT2D eigenvalue weighted by atomic mass is 79.9. The first kappa shape index (κ1) is 15.2. The van der Waals surface area contributed by atoms with Crippen LogP contribution in [0.5, 0.6) is 0 Å². The molecule has 2 rings (SSSR count). The molecule has 0 saturated heterocycles. The largest absolute Gasteiger partial charge is 0.310 e. The molecule has 4 nitrogen and oxygen atoms in total. The molecule has 20 heavy (non-hydrogen) atoms. The summed E-state index contributed by atoms with van der Waals surface area (Å²) in [4.78, 5) is 4.69. The van der Waals surface area contributed by atoms with Gasteiger partial charge in [-0.3, -0.25) is 0 Å². The fraction of sp³-hybridized carbons (Fsp3) is 0.467. The third kappa shape index (κ3) is 4.15. The minimum atomic E-state index is 0.472. The second-order valence-corrected chi connectivity index (χ2v) is 6.13. The maximum atomic E-state index is 4.69. The number of hydrogen-bond donors (Lipinski definition) is 1. The zero-order valence-corrected chi connectivity index (χ0v) is 13.8. The topological polar surface area (TPSA) is 42.7 Å². The molecular formula is C15H21BrN4. The van der Waals surface area contributed by atoms with Crippen molar-refractivity contribution in [3.05, 3.63) is 40.3 Å². The Bertz CT molecular complexity index is 563. The monoisotopic (exact) mass is 336 g/mol. The quantitative estimate of drug-likeness (QED) is 0.878. The van der Waals surface area contributed by atoms with Gasteiger partial charge in [0.25, 0.3) is 0 Å². The maximum absolute atomic E-state index is 4.69. The zero-order valence-electron chi connectivity index (χ0n) is 12.2. The number of nitrogens with zero attached hydrogens (tertiary/aromatic N) is 3. The first-order chi connectivity index (χ1) is 9.58. The van der Waals surface area contributed by atoms with Gasteiger partial charge in [-0.1, -0.05) is 27.2 Å². The van der Waals surface area contributed by atoms with Gasteiger partial charge in [-0.15, -0.1) is 0 Å². The molecule has 1 N–H and O–H groups in total. The average Bonchev–Trinajstić information content (AvgIpc) is 2.83. The van der Waals surface area contributed by atoms with Gasteiger partial charge in [0.05, 0.1) is 10.7 Å². The molecule has 0 fully saturated rings. The van der Waals surface area contributed by atoms with Crippen LogP contribution in [0, 0.1) is 0 Å². The van der Waals surface area contributed by atoms with E-state index in [9.17, 15) is 0 Å². The molecule has 0 unspecified atom stereocenters. The van der Waals surface area contributed by atoms with Crippen LogP contribution in [0.3, 0.4) is 0 Å². The van der Waals surface area contributed by atoms with E-state index in [-0.39, 0.29) is 0 Å². The SMILES string of the molecule is CCCc1cc(CNC(C)C)cc(-n2cc(Br)cn2)n1. The second kappa shape index (κ2) is 6.99. The lowest BCUT2D eigenvalue weighted by Gasteiger charge is -2.11. The number of halogens is 1. The van der Waals surface area contributed by atoms with E-state index in [1.807, 2.05) is 10.9 Å². The summed E-state index contributed by atoms with van der Waals surface area (Å²) in [6.07, 6.45) is 5.79. The summed E-state index contributed by atoms with van der Waals surface area (Å²) in [6.45, 7) is 7.33. The Morgan fingerprint density at radius 3 is 2.75 bits per heavy atom. The van der Waals surface area contributed by atoms with Crippen molar-refractivity contribution in [2.24, 2.45) is 0 Å². The highest BCUT2D eigenvalue weighted by Crippen LogP contribution is 2.14. The third-order valence-electron chi connectivity index (χ3n) is 2.93. The fourth-order valence-corrected chi connectivity index (χ4v) is 2.27. The Morgan fingerprint density at radius 1 is 1.35 bits per heavy atom. The summed E-state index contributed by atoms with van der Waals surface area (Å²) in [5, 5.41) is 7.76. The van der Waals surface area contributed by atoms with Gasteiger partial charge < -0.3 is 5.32 Å². The number of hydrogen-bond acceptors (Lipinski definition) is 3. The predicted octanol–water partition coefficient (Wildman–Crippen LogP) is 3.48. The van der Waals surface area contributed by atoms with Gasteiger partial charge in [-0.05, 0) is 40.0 Å². The lowest BCUT2D eigenvalue weighted by Crippen LogP contribution is -2.22. The molecule has 2 aromatic heterocycles. The average molecular weight is 337 g/mol. The molecule has 0 bridgehead atoms. The van der Waals surface area contributed by atoms with Gasteiger partial charge in [0.15, 0.2) is 5.82 Å². The molecule has 0 aliphatic rings. The van der Waals surface area contributed by atoms with E-state index in [2.05, 4.69) is 64.2 Å². The standard InChI is InChI=1S/C15H21BrN4/c1-4-5-14-6-12(8-17-11(2)3)7-15(19-14)20-10-13(16)9-18-20/h6-7,9-11,17H,4-5,8H2,1-3H3. The molecule has 0 amide bonds. The molecule has 0 radical (unpaired) electrons. The summed E-state index contributed by atoms with van der Waals surface area (Å²) < 4.78 is 2.77. The Labute approximate surface area is 128 Å². The maximum Gasteiger partial charge on any atom is 0.153 e. The Balaban J connectivity index is 2.30. The number of nitrogens with one attached hydrogen (secondary N) is 1. The highest BCUT2D eigenvalue weighted by Gasteiger charge is 2.06. The van der Waals surface area contributed by atoms with Crippen LogP contribution in [0.25, 0.3) is 5.82 Å². The fourth-order valence-electron chi connectivity index (χ4n) is 1.98. The summed E-state index contributed by atoms with van der Waals surface area (Å²) in [7, 11) is 0. The molecule has 0 atom stereocenters. The van der Waals surface area contributed by atoms with Gasteiger partial charge in [-0.2, -0.15) is 5.10 Å². The van der Waals surface area contributed by atoms with E-state index in [1.54, 1.807) is 6.20 Å². The summed E-state index contributed by atoms with van der Waals surface area (Å²) in [5.41, 5.74) is 2.37. The van der Waals surface area contributed by atoms with Gasteiger partial charge in [0.1, 0.15) is 0 Å². The van der Waals surface area contributed by atoms with Crippen molar-refractivity contribution in [1.29, 1.82) is 0 Å². The van der Waals surface area contributed by atoms with Crippen LogP contribution in [0.4, 0.5) is 0 Å². The molecule has 108 valence electrons. The Morgan fingerprint density at radius 2 is 2.15 bits per heavy atom. The van der Waals surface area contributed by atoms with Crippen molar-refractivity contribution in [2.75, 3.05) is 0 Å². The molecule has 2 heterocycles. The lowest BCUT2D eigenvalue weighted by molar-refractivity contribution is 0.587. The zero-order chi connectivity index (χ0) is 14.5. The van der Waals surface area contributed by atoms with Crippen LogP contribution in [-0.2, 0) is 13.0 Å². The lowest BCUT2D eigenvalue weighted by atomic mass is 10.1. The normalized spacial score (nSPS) is 11.2. The van der Waals surface area contributed by atoms with E-state index in [0.717, 1.165) is 35.4 Å². The van der Waals surface area contributed by atoms with E-state index >= 15 is 0 Å². The third-order valence-corrected chi connectivity index (χ3v) is 3.34.